The van der Waals surface area contributed by atoms with Crippen molar-refractivity contribution < 1.29 is 13.7 Å². The molecule has 7 heteroatoms. The zero-order chi connectivity index (χ0) is 20.3. The van der Waals surface area contributed by atoms with Crippen LogP contribution in [0.5, 0.6) is 0 Å². The molecule has 2 atom stereocenters. The van der Waals surface area contributed by atoms with Crippen LogP contribution in [0.25, 0.3) is 0 Å². The Morgan fingerprint density at radius 3 is 2.41 bits per heavy atom. The smallest absolute Gasteiger partial charge is 0.276 e. The maximum absolute atomic E-state index is 12.6. The minimum atomic E-state index is -1.30. The molecule has 5 nitrogen and oxygen atoms in total. The predicted octanol–water partition coefficient (Wildman–Crippen LogP) is 4.76. The molecule has 1 aromatic rings. The van der Waals surface area contributed by atoms with E-state index in [1.165, 1.54) is 12.5 Å². The van der Waals surface area contributed by atoms with Gasteiger partial charge in [0.25, 0.3) is 5.79 Å². The van der Waals surface area contributed by atoms with Crippen molar-refractivity contribution in [2.24, 2.45) is 5.41 Å². The van der Waals surface area contributed by atoms with Crippen LogP contribution in [-0.2, 0) is 26.2 Å². The monoisotopic (exact) mass is 410 g/mol. The molecule has 0 unspecified atom stereocenters. The predicted molar refractivity (Wildman–Crippen MR) is 108 cm³/mol. The van der Waals surface area contributed by atoms with E-state index in [0.29, 0.717) is 17.9 Å². The highest BCUT2D eigenvalue weighted by Crippen LogP contribution is 2.39. The molecule has 0 amide bonds. The second kappa shape index (κ2) is 8.22. The molecule has 2 rings (SSSR count). The summed E-state index contributed by atoms with van der Waals surface area (Å²) in [6.07, 6.45) is 4.00. The molecule has 0 radical (unpaired) electrons. The fourth-order valence-corrected chi connectivity index (χ4v) is 3.93. The highest BCUT2D eigenvalue weighted by molar-refractivity contribution is 7.84. The Morgan fingerprint density at radius 2 is 1.89 bits per heavy atom. The third kappa shape index (κ3) is 5.25. The number of nitriles is 1. The van der Waals surface area contributed by atoms with Crippen molar-refractivity contribution in [3.05, 3.63) is 47.4 Å². The Bertz CT molecular complexity index is 757. The van der Waals surface area contributed by atoms with Gasteiger partial charge in [0.05, 0.1) is 27.2 Å². The van der Waals surface area contributed by atoms with Crippen LogP contribution in [0.3, 0.4) is 0 Å². The van der Waals surface area contributed by atoms with Crippen LogP contribution in [0.4, 0.5) is 0 Å². The van der Waals surface area contributed by atoms with Crippen LogP contribution in [0, 0.1) is 16.7 Å². The van der Waals surface area contributed by atoms with E-state index in [0.717, 1.165) is 5.56 Å². The topological polar surface area (TPSA) is 71.3 Å². The molecule has 0 aliphatic carbocycles. The van der Waals surface area contributed by atoms with Crippen molar-refractivity contribution in [3.8, 4) is 6.07 Å². The molecule has 1 aliphatic heterocycles. The van der Waals surface area contributed by atoms with Crippen molar-refractivity contribution in [3.63, 3.8) is 0 Å². The van der Waals surface area contributed by atoms with Crippen LogP contribution >= 0.6 is 11.6 Å². The summed E-state index contributed by atoms with van der Waals surface area (Å²) < 4.78 is 26.9. The first-order valence-corrected chi connectivity index (χ1v) is 10.4. The Balaban J connectivity index is 2.23. The second-order valence-corrected chi connectivity index (χ2v) is 10.6. The second-order valence-electron chi connectivity index (χ2n) is 8.19. The summed E-state index contributed by atoms with van der Waals surface area (Å²) in [5.74, 6) is -1.00. The minimum absolute atomic E-state index is 0.314. The van der Waals surface area contributed by atoms with Gasteiger partial charge < -0.3 is 9.47 Å². The van der Waals surface area contributed by atoms with E-state index in [1.807, 2.05) is 46.8 Å². The van der Waals surface area contributed by atoms with Gasteiger partial charge in [-0.05, 0) is 53.2 Å². The van der Waals surface area contributed by atoms with E-state index in [-0.39, 0.29) is 6.04 Å². The molecule has 0 bridgehead atoms. The number of hydrogen-bond donors (Lipinski definition) is 1. The molecule has 1 heterocycles. The molecule has 0 saturated carbocycles. The van der Waals surface area contributed by atoms with Gasteiger partial charge in [-0.15, -0.1) is 0 Å². The molecular weight excluding hydrogens is 384 g/mol. The Labute approximate surface area is 169 Å². The summed E-state index contributed by atoms with van der Waals surface area (Å²) in [5, 5.41) is 10.2. The summed E-state index contributed by atoms with van der Waals surface area (Å²) in [4.78, 5) is 0. The number of benzene rings is 1. The lowest BCUT2D eigenvalue weighted by atomic mass is 9.82. The van der Waals surface area contributed by atoms with E-state index in [2.05, 4.69) is 10.8 Å². The minimum Gasteiger partial charge on any atom is -0.453 e. The summed E-state index contributed by atoms with van der Waals surface area (Å²) in [6.45, 7) is 9.36. The van der Waals surface area contributed by atoms with Crippen LogP contribution in [0.1, 0.15) is 53.0 Å². The standard InChI is InChI=1S/C20H27ClN2O3S/c1-18(2,3)27(24)23-17(19(4,5)14-22)9-10-20(25-11-12-26-20)15-7-6-8-16(21)13-15/h6-8,11-13,17,23H,9-10H2,1-5H3/t17-,27+/m0/s1. The van der Waals surface area contributed by atoms with Gasteiger partial charge >= 0.3 is 0 Å². The fraction of sp³-hybridized carbons (Fsp3) is 0.550. The Hall–Kier alpha value is -1.55. The van der Waals surface area contributed by atoms with Crippen molar-refractivity contribution in [1.82, 2.24) is 4.72 Å². The molecule has 1 aliphatic rings. The molecular formula is C20H27ClN2O3S. The molecule has 0 aromatic heterocycles. The normalized spacial score (nSPS) is 18.3. The van der Waals surface area contributed by atoms with Gasteiger partial charge in [0.1, 0.15) is 12.5 Å². The third-order valence-electron chi connectivity index (χ3n) is 4.56. The third-order valence-corrected chi connectivity index (χ3v) is 6.41. The van der Waals surface area contributed by atoms with E-state index < -0.39 is 26.9 Å². The quantitative estimate of drug-likeness (QED) is 0.703. The summed E-state index contributed by atoms with van der Waals surface area (Å²) in [5.41, 5.74) is 0.0769. The van der Waals surface area contributed by atoms with E-state index in [4.69, 9.17) is 21.1 Å². The SMILES string of the molecule is CC(C)(C#N)[C@H](CCC1(c2cccc(Cl)c2)OC=CO1)N[S@](=O)C(C)(C)C. The number of nitrogens with one attached hydrogen (secondary N) is 1. The number of rotatable bonds is 7. The Morgan fingerprint density at radius 1 is 1.26 bits per heavy atom. The highest BCUT2D eigenvalue weighted by Gasteiger charge is 2.41. The van der Waals surface area contributed by atoms with Crippen LogP contribution in [-0.4, -0.2) is 15.0 Å². The molecule has 0 spiro atoms. The van der Waals surface area contributed by atoms with Gasteiger partial charge in [0.2, 0.25) is 0 Å². The largest absolute Gasteiger partial charge is 0.453 e. The van der Waals surface area contributed by atoms with Crippen LogP contribution < -0.4 is 4.72 Å². The van der Waals surface area contributed by atoms with E-state index in [9.17, 15) is 9.47 Å². The first kappa shape index (κ1) is 21.7. The average Bonchev–Trinajstić information content (AvgIpc) is 3.07. The lowest BCUT2D eigenvalue weighted by Gasteiger charge is -2.34. The molecule has 0 fully saturated rings. The summed E-state index contributed by atoms with van der Waals surface area (Å²) in [6, 6.07) is 9.33. The van der Waals surface area contributed by atoms with Crippen molar-refractivity contribution in [2.75, 3.05) is 0 Å². The number of halogens is 1. The van der Waals surface area contributed by atoms with Crippen molar-refractivity contribution in [2.45, 2.75) is 64.0 Å². The van der Waals surface area contributed by atoms with Gasteiger partial charge in [-0.1, -0.05) is 23.7 Å². The zero-order valence-corrected chi connectivity index (χ0v) is 18.0. The van der Waals surface area contributed by atoms with Crippen LogP contribution in [0.2, 0.25) is 5.02 Å². The maximum Gasteiger partial charge on any atom is 0.276 e. The van der Waals surface area contributed by atoms with Gasteiger partial charge in [-0.25, -0.2) is 8.93 Å². The van der Waals surface area contributed by atoms with Gasteiger partial charge in [-0.3, -0.25) is 0 Å². The number of nitrogens with zero attached hydrogens (tertiary/aromatic N) is 1. The first-order chi connectivity index (χ1) is 12.5. The average molecular weight is 411 g/mol. The van der Waals surface area contributed by atoms with Crippen molar-refractivity contribution >= 4 is 22.6 Å². The Kier molecular flexibility index (Phi) is 6.62. The highest BCUT2D eigenvalue weighted by atomic mass is 35.5. The van der Waals surface area contributed by atoms with Gasteiger partial charge in [0, 0.05) is 23.0 Å². The molecule has 148 valence electrons. The number of ether oxygens (including phenoxy) is 2. The van der Waals surface area contributed by atoms with E-state index >= 15 is 0 Å². The summed E-state index contributed by atoms with van der Waals surface area (Å²) in [7, 11) is -1.30. The molecule has 1 aromatic carbocycles. The van der Waals surface area contributed by atoms with Crippen LogP contribution in [0.15, 0.2) is 36.8 Å². The lowest BCUT2D eigenvalue weighted by molar-refractivity contribution is -0.157. The lowest BCUT2D eigenvalue weighted by Crippen LogP contribution is -2.47. The fourth-order valence-electron chi connectivity index (χ4n) is 2.71. The molecule has 0 saturated heterocycles. The van der Waals surface area contributed by atoms with Gasteiger partial charge in [0.15, 0.2) is 0 Å². The summed E-state index contributed by atoms with van der Waals surface area (Å²) >= 11 is 6.13. The molecule has 27 heavy (non-hydrogen) atoms. The first-order valence-electron chi connectivity index (χ1n) is 8.86. The maximum atomic E-state index is 12.6. The molecule has 1 N–H and O–H groups in total. The zero-order valence-electron chi connectivity index (χ0n) is 16.4. The van der Waals surface area contributed by atoms with Gasteiger partial charge in [-0.2, -0.15) is 5.26 Å². The number of hydrogen-bond acceptors (Lipinski definition) is 4. The van der Waals surface area contributed by atoms with Crippen molar-refractivity contribution in [1.29, 1.82) is 5.26 Å². The van der Waals surface area contributed by atoms with E-state index in [1.54, 1.807) is 12.1 Å².